The molecule has 1 aromatic rings. The van der Waals surface area contributed by atoms with Crippen LogP contribution < -0.4 is 10.0 Å². The maximum atomic E-state index is 12.1. The van der Waals surface area contributed by atoms with E-state index in [9.17, 15) is 13.2 Å². The van der Waals surface area contributed by atoms with E-state index in [2.05, 4.69) is 10.0 Å². The van der Waals surface area contributed by atoms with Crippen molar-refractivity contribution in [1.82, 2.24) is 10.0 Å². The van der Waals surface area contributed by atoms with Crippen LogP contribution in [0.5, 0.6) is 0 Å². The lowest BCUT2D eigenvalue weighted by atomic mass is 10.1. The lowest BCUT2D eigenvalue weighted by Gasteiger charge is -2.11. The molecule has 1 saturated carbocycles. The molecule has 0 bridgehead atoms. The lowest BCUT2D eigenvalue weighted by molar-refractivity contribution is 0.0963. The van der Waals surface area contributed by atoms with Gasteiger partial charge in [0.15, 0.2) is 0 Å². The number of nitrogens with one attached hydrogen (secondary N) is 2. The van der Waals surface area contributed by atoms with Crippen LogP contribution >= 0.6 is 0 Å². The van der Waals surface area contributed by atoms with Crippen molar-refractivity contribution in [2.75, 3.05) is 13.6 Å². The molecule has 0 radical (unpaired) electrons. The second-order valence-electron chi connectivity index (χ2n) is 5.11. The van der Waals surface area contributed by atoms with E-state index in [1.54, 1.807) is 0 Å². The van der Waals surface area contributed by atoms with Gasteiger partial charge in [0, 0.05) is 19.2 Å². The average molecular weight is 296 g/mol. The van der Waals surface area contributed by atoms with E-state index in [0.29, 0.717) is 18.0 Å². The molecule has 0 spiro atoms. The number of carbonyl (C=O) groups excluding carboxylic acids is 1. The Morgan fingerprint density at radius 2 is 1.80 bits per heavy atom. The fourth-order valence-electron chi connectivity index (χ4n) is 2.46. The first-order valence-electron chi connectivity index (χ1n) is 6.85. The topological polar surface area (TPSA) is 75.3 Å². The molecule has 0 unspecified atom stereocenters. The minimum Gasteiger partial charge on any atom is -0.355 e. The summed E-state index contributed by atoms with van der Waals surface area (Å²) >= 11 is 0. The molecule has 0 aromatic heterocycles. The van der Waals surface area contributed by atoms with E-state index in [0.717, 1.165) is 12.8 Å². The van der Waals surface area contributed by atoms with E-state index >= 15 is 0 Å². The highest BCUT2D eigenvalue weighted by molar-refractivity contribution is 7.89. The average Bonchev–Trinajstić information content (AvgIpc) is 2.98. The third-order valence-corrected chi connectivity index (χ3v) is 5.13. The van der Waals surface area contributed by atoms with E-state index in [-0.39, 0.29) is 10.8 Å². The van der Waals surface area contributed by atoms with Crippen LogP contribution in [0.1, 0.15) is 36.0 Å². The molecular weight excluding hydrogens is 276 g/mol. The SMILES string of the molecule is CNC(=O)c1ccc(S(=O)(=O)NCC2CCCC2)cc1. The Hall–Kier alpha value is -1.40. The Morgan fingerprint density at radius 3 is 2.35 bits per heavy atom. The highest BCUT2D eigenvalue weighted by Gasteiger charge is 2.19. The Balaban J connectivity index is 2.03. The molecule has 2 N–H and O–H groups in total. The zero-order chi connectivity index (χ0) is 14.6. The van der Waals surface area contributed by atoms with Crippen molar-refractivity contribution in [2.24, 2.45) is 5.92 Å². The van der Waals surface area contributed by atoms with Crippen LogP contribution in [-0.4, -0.2) is 27.9 Å². The van der Waals surface area contributed by atoms with Crippen molar-refractivity contribution >= 4 is 15.9 Å². The molecule has 110 valence electrons. The van der Waals surface area contributed by atoms with Gasteiger partial charge in [-0.05, 0) is 43.0 Å². The van der Waals surface area contributed by atoms with Crippen LogP contribution in [0.15, 0.2) is 29.2 Å². The highest BCUT2D eigenvalue weighted by Crippen LogP contribution is 2.24. The smallest absolute Gasteiger partial charge is 0.251 e. The van der Waals surface area contributed by atoms with E-state index in [1.807, 2.05) is 0 Å². The molecule has 1 aromatic carbocycles. The summed E-state index contributed by atoms with van der Waals surface area (Å²) < 4.78 is 26.9. The van der Waals surface area contributed by atoms with Crippen LogP contribution in [0.2, 0.25) is 0 Å². The quantitative estimate of drug-likeness (QED) is 0.865. The summed E-state index contributed by atoms with van der Waals surface area (Å²) in [5.74, 6) is 0.225. The van der Waals surface area contributed by atoms with Crippen molar-refractivity contribution in [3.05, 3.63) is 29.8 Å². The van der Waals surface area contributed by atoms with Gasteiger partial charge in [0.2, 0.25) is 10.0 Å². The number of benzene rings is 1. The summed E-state index contributed by atoms with van der Waals surface area (Å²) in [4.78, 5) is 11.6. The number of hydrogen-bond acceptors (Lipinski definition) is 3. The molecule has 6 heteroatoms. The maximum absolute atomic E-state index is 12.1. The Morgan fingerprint density at radius 1 is 1.20 bits per heavy atom. The molecule has 0 atom stereocenters. The van der Waals surface area contributed by atoms with Crippen LogP contribution in [0.25, 0.3) is 0 Å². The second kappa shape index (κ2) is 6.37. The maximum Gasteiger partial charge on any atom is 0.251 e. The van der Waals surface area contributed by atoms with Gasteiger partial charge in [0.25, 0.3) is 5.91 Å². The molecule has 0 aliphatic heterocycles. The minimum atomic E-state index is -3.48. The molecular formula is C14H20N2O3S. The third-order valence-electron chi connectivity index (χ3n) is 3.69. The molecule has 20 heavy (non-hydrogen) atoms. The van der Waals surface area contributed by atoms with Crippen LogP contribution in [-0.2, 0) is 10.0 Å². The monoisotopic (exact) mass is 296 g/mol. The predicted octanol–water partition coefficient (Wildman–Crippen LogP) is 1.51. The Labute approximate surface area is 119 Å². The standard InChI is InChI=1S/C14H20N2O3S/c1-15-14(17)12-6-8-13(9-7-12)20(18,19)16-10-11-4-2-3-5-11/h6-9,11,16H,2-5,10H2,1H3,(H,15,17). The van der Waals surface area contributed by atoms with Gasteiger partial charge >= 0.3 is 0 Å². The van der Waals surface area contributed by atoms with Crippen molar-refractivity contribution < 1.29 is 13.2 Å². The van der Waals surface area contributed by atoms with Crippen molar-refractivity contribution in [3.8, 4) is 0 Å². The number of amides is 1. The summed E-state index contributed by atoms with van der Waals surface area (Å²) in [6, 6.07) is 5.95. The summed E-state index contributed by atoms with van der Waals surface area (Å²) in [5.41, 5.74) is 0.447. The van der Waals surface area contributed by atoms with Gasteiger partial charge in [-0.25, -0.2) is 13.1 Å². The van der Waals surface area contributed by atoms with Crippen molar-refractivity contribution in [1.29, 1.82) is 0 Å². The van der Waals surface area contributed by atoms with E-state index in [4.69, 9.17) is 0 Å². The molecule has 1 aliphatic carbocycles. The zero-order valence-electron chi connectivity index (χ0n) is 11.6. The molecule has 1 amide bonds. The molecule has 5 nitrogen and oxygen atoms in total. The lowest BCUT2D eigenvalue weighted by Crippen LogP contribution is -2.28. The fraction of sp³-hybridized carbons (Fsp3) is 0.500. The minimum absolute atomic E-state index is 0.197. The van der Waals surface area contributed by atoms with Gasteiger partial charge in [-0.15, -0.1) is 0 Å². The first-order chi connectivity index (χ1) is 9.53. The number of rotatable bonds is 5. The van der Waals surface area contributed by atoms with Crippen LogP contribution in [0.4, 0.5) is 0 Å². The first kappa shape index (κ1) is 15.0. The largest absolute Gasteiger partial charge is 0.355 e. The van der Waals surface area contributed by atoms with Gasteiger partial charge in [-0.3, -0.25) is 4.79 Å². The molecule has 0 saturated heterocycles. The number of sulfonamides is 1. The van der Waals surface area contributed by atoms with Gasteiger partial charge in [0.05, 0.1) is 4.90 Å². The van der Waals surface area contributed by atoms with E-state index in [1.165, 1.54) is 44.2 Å². The van der Waals surface area contributed by atoms with Crippen molar-refractivity contribution in [2.45, 2.75) is 30.6 Å². The van der Waals surface area contributed by atoms with Gasteiger partial charge in [-0.2, -0.15) is 0 Å². The number of hydrogen-bond donors (Lipinski definition) is 2. The molecule has 1 aliphatic rings. The summed E-state index contributed by atoms with van der Waals surface area (Å²) in [6.07, 6.45) is 4.57. The number of carbonyl (C=O) groups is 1. The van der Waals surface area contributed by atoms with Crippen LogP contribution in [0.3, 0.4) is 0 Å². The molecule has 1 fully saturated rings. The molecule has 2 rings (SSSR count). The third kappa shape index (κ3) is 3.58. The van der Waals surface area contributed by atoms with Gasteiger partial charge in [-0.1, -0.05) is 12.8 Å². The van der Waals surface area contributed by atoms with Crippen molar-refractivity contribution in [3.63, 3.8) is 0 Å². The first-order valence-corrected chi connectivity index (χ1v) is 8.33. The summed E-state index contributed by atoms with van der Waals surface area (Å²) in [6.45, 7) is 0.500. The highest BCUT2D eigenvalue weighted by atomic mass is 32.2. The van der Waals surface area contributed by atoms with Gasteiger partial charge in [0.1, 0.15) is 0 Å². The predicted molar refractivity (Wildman–Crippen MR) is 77.0 cm³/mol. The molecule has 0 heterocycles. The second-order valence-corrected chi connectivity index (χ2v) is 6.87. The Bertz CT molecular complexity index is 561. The zero-order valence-corrected chi connectivity index (χ0v) is 12.4. The van der Waals surface area contributed by atoms with E-state index < -0.39 is 10.0 Å². The Kier molecular flexibility index (Phi) is 4.77. The van der Waals surface area contributed by atoms with Gasteiger partial charge < -0.3 is 5.32 Å². The van der Waals surface area contributed by atoms with Crippen LogP contribution in [0, 0.1) is 5.92 Å². The normalized spacial score (nSPS) is 16.2. The summed E-state index contributed by atoms with van der Waals surface area (Å²) in [7, 11) is -1.94. The summed E-state index contributed by atoms with van der Waals surface area (Å²) in [5, 5.41) is 2.50. The fourth-order valence-corrected chi connectivity index (χ4v) is 3.57.